The molecule has 1 aliphatic carbocycles. The predicted octanol–water partition coefficient (Wildman–Crippen LogP) is 2.49. The molecule has 2 nitrogen and oxygen atoms in total. The molecule has 94 valence electrons. The number of rotatable bonds is 2. The van der Waals surface area contributed by atoms with E-state index in [2.05, 4.69) is 31.1 Å². The van der Waals surface area contributed by atoms with Crippen molar-refractivity contribution in [3.05, 3.63) is 0 Å². The highest BCUT2D eigenvalue weighted by molar-refractivity contribution is 4.88. The first-order valence-corrected chi connectivity index (χ1v) is 7.12. The molecule has 0 bridgehead atoms. The van der Waals surface area contributed by atoms with E-state index in [-0.39, 0.29) is 0 Å². The molecule has 2 aliphatic rings. The molecular weight excluding hydrogens is 196 g/mol. The Balaban J connectivity index is 1.94. The number of nitrogens with zero attached hydrogens (tertiary/aromatic N) is 1. The van der Waals surface area contributed by atoms with E-state index in [1.807, 2.05) is 0 Å². The van der Waals surface area contributed by atoms with Crippen LogP contribution in [-0.2, 0) is 0 Å². The minimum Gasteiger partial charge on any atom is -0.316 e. The van der Waals surface area contributed by atoms with Crippen LogP contribution in [0.4, 0.5) is 0 Å². The minimum absolute atomic E-state index is 0.734. The molecular formula is C14H28N2. The van der Waals surface area contributed by atoms with Gasteiger partial charge in [0, 0.05) is 18.6 Å². The fourth-order valence-corrected chi connectivity index (χ4v) is 3.55. The topological polar surface area (TPSA) is 15.3 Å². The zero-order valence-corrected chi connectivity index (χ0v) is 11.2. The number of nitrogens with one attached hydrogen (secondary N) is 1. The fraction of sp³-hybridized carbons (Fsp3) is 1.00. The molecule has 4 unspecified atom stereocenters. The summed E-state index contributed by atoms with van der Waals surface area (Å²) in [5.41, 5.74) is 0. The molecule has 16 heavy (non-hydrogen) atoms. The third kappa shape index (κ3) is 2.78. The van der Waals surface area contributed by atoms with Crippen molar-refractivity contribution in [2.24, 2.45) is 11.8 Å². The van der Waals surface area contributed by atoms with Crippen LogP contribution < -0.4 is 5.32 Å². The van der Waals surface area contributed by atoms with Gasteiger partial charge < -0.3 is 5.32 Å². The smallest absolute Gasteiger partial charge is 0.0192 e. The van der Waals surface area contributed by atoms with Crippen molar-refractivity contribution in [2.45, 2.75) is 58.0 Å². The standard InChI is InChI=1S/C14H28N2/c1-11-6-7-12(2)14(9-11)16-8-4-5-13(10-16)15-3/h11-15H,4-10H2,1-3H3. The van der Waals surface area contributed by atoms with E-state index in [1.54, 1.807) is 0 Å². The molecule has 0 aromatic heterocycles. The van der Waals surface area contributed by atoms with Crippen LogP contribution in [0.5, 0.6) is 0 Å². The Kier molecular flexibility index (Phi) is 4.26. The highest BCUT2D eigenvalue weighted by atomic mass is 15.2. The van der Waals surface area contributed by atoms with Crippen LogP contribution in [0.15, 0.2) is 0 Å². The SMILES string of the molecule is CNC1CCCN(C2CC(C)CCC2C)C1. The molecule has 2 fully saturated rings. The van der Waals surface area contributed by atoms with Crippen LogP contribution in [0.1, 0.15) is 46.0 Å². The zero-order chi connectivity index (χ0) is 11.5. The molecule has 2 rings (SSSR count). The summed E-state index contributed by atoms with van der Waals surface area (Å²) in [6.45, 7) is 7.50. The summed E-state index contributed by atoms with van der Waals surface area (Å²) in [5, 5.41) is 3.46. The Hall–Kier alpha value is -0.0800. The molecule has 1 N–H and O–H groups in total. The van der Waals surface area contributed by atoms with Gasteiger partial charge in [-0.25, -0.2) is 0 Å². The molecule has 0 spiro atoms. The Morgan fingerprint density at radius 2 is 1.94 bits per heavy atom. The van der Waals surface area contributed by atoms with Gasteiger partial charge in [-0.3, -0.25) is 4.90 Å². The van der Waals surface area contributed by atoms with Crippen LogP contribution in [0.25, 0.3) is 0 Å². The van der Waals surface area contributed by atoms with Crippen LogP contribution >= 0.6 is 0 Å². The Morgan fingerprint density at radius 3 is 2.69 bits per heavy atom. The van der Waals surface area contributed by atoms with Gasteiger partial charge in [0.1, 0.15) is 0 Å². The van der Waals surface area contributed by atoms with E-state index >= 15 is 0 Å². The lowest BCUT2D eigenvalue weighted by Crippen LogP contribution is -2.52. The largest absolute Gasteiger partial charge is 0.316 e. The maximum atomic E-state index is 3.46. The lowest BCUT2D eigenvalue weighted by molar-refractivity contribution is 0.0626. The third-order valence-electron chi connectivity index (χ3n) is 4.75. The molecule has 1 saturated heterocycles. The molecule has 1 heterocycles. The lowest BCUT2D eigenvalue weighted by Gasteiger charge is -2.44. The van der Waals surface area contributed by atoms with Crippen molar-refractivity contribution in [1.29, 1.82) is 0 Å². The van der Waals surface area contributed by atoms with E-state index in [9.17, 15) is 0 Å². The quantitative estimate of drug-likeness (QED) is 0.775. The van der Waals surface area contributed by atoms with Crippen molar-refractivity contribution >= 4 is 0 Å². The molecule has 0 radical (unpaired) electrons. The number of hydrogen-bond acceptors (Lipinski definition) is 2. The summed E-state index contributed by atoms with van der Waals surface area (Å²) < 4.78 is 0. The molecule has 1 aliphatic heterocycles. The Bertz CT molecular complexity index is 217. The molecule has 2 heteroatoms. The van der Waals surface area contributed by atoms with Gasteiger partial charge in [-0.2, -0.15) is 0 Å². The van der Waals surface area contributed by atoms with E-state index < -0.39 is 0 Å². The number of likely N-dealkylation sites (N-methyl/N-ethyl adjacent to an activating group) is 1. The van der Waals surface area contributed by atoms with Crippen LogP contribution in [0.2, 0.25) is 0 Å². The Morgan fingerprint density at radius 1 is 1.12 bits per heavy atom. The summed E-state index contributed by atoms with van der Waals surface area (Å²) in [4.78, 5) is 2.77. The van der Waals surface area contributed by atoms with Crippen molar-refractivity contribution < 1.29 is 0 Å². The van der Waals surface area contributed by atoms with Gasteiger partial charge >= 0.3 is 0 Å². The summed E-state index contributed by atoms with van der Waals surface area (Å²) in [6, 6.07) is 1.60. The van der Waals surface area contributed by atoms with Gasteiger partial charge in [-0.05, 0) is 51.1 Å². The van der Waals surface area contributed by atoms with E-state index in [0.717, 1.165) is 23.9 Å². The van der Waals surface area contributed by atoms with E-state index in [1.165, 1.54) is 45.2 Å². The first-order valence-electron chi connectivity index (χ1n) is 7.12. The van der Waals surface area contributed by atoms with E-state index in [0.29, 0.717) is 0 Å². The maximum absolute atomic E-state index is 3.46. The molecule has 4 atom stereocenters. The highest BCUT2D eigenvalue weighted by Crippen LogP contribution is 2.33. The summed E-state index contributed by atoms with van der Waals surface area (Å²) in [6.07, 6.45) is 7.05. The normalized spacial score (nSPS) is 42.2. The third-order valence-corrected chi connectivity index (χ3v) is 4.75. The second-order valence-corrected chi connectivity index (χ2v) is 6.09. The van der Waals surface area contributed by atoms with Gasteiger partial charge in [-0.1, -0.05) is 20.3 Å². The molecule has 0 amide bonds. The second-order valence-electron chi connectivity index (χ2n) is 6.09. The van der Waals surface area contributed by atoms with Crippen LogP contribution in [0.3, 0.4) is 0 Å². The predicted molar refractivity (Wildman–Crippen MR) is 69.6 cm³/mol. The number of likely N-dealkylation sites (tertiary alicyclic amines) is 1. The average molecular weight is 224 g/mol. The summed E-state index contributed by atoms with van der Waals surface area (Å²) in [7, 11) is 2.11. The van der Waals surface area contributed by atoms with E-state index in [4.69, 9.17) is 0 Å². The van der Waals surface area contributed by atoms with Crippen LogP contribution in [0, 0.1) is 11.8 Å². The first kappa shape index (κ1) is 12.4. The zero-order valence-electron chi connectivity index (χ0n) is 11.2. The Labute approximate surface area is 101 Å². The highest BCUT2D eigenvalue weighted by Gasteiger charge is 2.32. The number of piperidine rings is 1. The molecule has 0 aromatic carbocycles. The van der Waals surface area contributed by atoms with Gasteiger partial charge in [0.2, 0.25) is 0 Å². The van der Waals surface area contributed by atoms with Gasteiger partial charge in [0.15, 0.2) is 0 Å². The second kappa shape index (κ2) is 5.50. The number of hydrogen-bond donors (Lipinski definition) is 1. The van der Waals surface area contributed by atoms with Crippen molar-refractivity contribution in [3.8, 4) is 0 Å². The van der Waals surface area contributed by atoms with Crippen molar-refractivity contribution in [2.75, 3.05) is 20.1 Å². The lowest BCUT2D eigenvalue weighted by atomic mass is 9.78. The summed E-state index contributed by atoms with van der Waals surface area (Å²) in [5.74, 6) is 1.85. The van der Waals surface area contributed by atoms with Crippen molar-refractivity contribution in [1.82, 2.24) is 10.2 Å². The fourth-order valence-electron chi connectivity index (χ4n) is 3.55. The first-order chi connectivity index (χ1) is 7.70. The average Bonchev–Trinajstić information content (AvgIpc) is 2.32. The summed E-state index contributed by atoms with van der Waals surface area (Å²) >= 11 is 0. The molecule has 1 saturated carbocycles. The molecule has 0 aromatic rings. The van der Waals surface area contributed by atoms with Crippen LogP contribution in [-0.4, -0.2) is 37.1 Å². The van der Waals surface area contributed by atoms with Crippen molar-refractivity contribution in [3.63, 3.8) is 0 Å². The monoisotopic (exact) mass is 224 g/mol. The van der Waals surface area contributed by atoms with Gasteiger partial charge in [0.25, 0.3) is 0 Å². The maximum Gasteiger partial charge on any atom is 0.0192 e. The minimum atomic E-state index is 0.734. The van der Waals surface area contributed by atoms with Gasteiger partial charge in [-0.15, -0.1) is 0 Å². The van der Waals surface area contributed by atoms with Gasteiger partial charge in [0.05, 0.1) is 0 Å².